The summed E-state index contributed by atoms with van der Waals surface area (Å²) in [5.41, 5.74) is 0.876. The molecule has 4 rings (SSSR count). The molecule has 1 atom stereocenters. The van der Waals surface area contributed by atoms with E-state index in [2.05, 4.69) is 4.98 Å². The van der Waals surface area contributed by atoms with Crippen LogP contribution in [0.25, 0.3) is 0 Å². The number of aromatic amines is 1. The molecule has 1 amide bonds. The predicted octanol–water partition coefficient (Wildman–Crippen LogP) is 2.59. The van der Waals surface area contributed by atoms with E-state index in [0.29, 0.717) is 37.2 Å². The van der Waals surface area contributed by atoms with Gasteiger partial charge >= 0.3 is 0 Å². The van der Waals surface area contributed by atoms with E-state index in [1.165, 1.54) is 6.07 Å². The number of hydrogen-bond acceptors (Lipinski definition) is 4. The molecular formula is C18H18N2O3S. The monoisotopic (exact) mass is 342 g/mol. The van der Waals surface area contributed by atoms with Crippen LogP contribution in [0.4, 0.5) is 0 Å². The van der Waals surface area contributed by atoms with Crippen LogP contribution in [0.3, 0.4) is 0 Å². The van der Waals surface area contributed by atoms with Crippen LogP contribution in [0.1, 0.15) is 56.5 Å². The number of carbonyl (C=O) groups is 2. The summed E-state index contributed by atoms with van der Waals surface area (Å²) >= 11 is 1.63. The van der Waals surface area contributed by atoms with Gasteiger partial charge in [-0.05, 0) is 36.8 Å². The minimum absolute atomic E-state index is 0.00127. The summed E-state index contributed by atoms with van der Waals surface area (Å²) in [6.07, 6.45) is 3.00. The van der Waals surface area contributed by atoms with Crippen LogP contribution in [0, 0.1) is 0 Å². The van der Waals surface area contributed by atoms with E-state index in [1.807, 2.05) is 17.5 Å². The first-order valence-corrected chi connectivity index (χ1v) is 9.13. The Morgan fingerprint density at radius 3 is 2.71 bits per heavy atom. The number of Topliss-reactive ketones (excluding diaryl/α,β-unsaturated/α-hetero) is 1. The molecule has 0 saturated carbocycles. The van der Waals surface area contributed by atoms with Gasteiger partial charge in [0, 0.05) is 41.6 Å². The molecule has 3 heterocycles. The van der Waals surface area contributed by atoms with Crippen LogP contribution in [-0.4, -0.2) is 34.7 Å². The van der Waals surface area contributed by atoms with E-state index in [4.69, 9.17) is 0 Å². The van der Waals surface area contributed by atoms with E-state index in [9.17, 15) is 14.4 Å². The SMILES string of the molecule is O=C1CC(c2cccs2)Cc2[nH]c(=O)c(C(=O)N3CCCC3)cc21. The third-order valence-corrected chi connectivity index (χ3v) is 5.91. The molecule has 2 aliphatic rings. The molecule has 0 bridgehead atoms. The zero-order valence-electron chi connectivity index (χ0n) is 13.2. The Balaban J connectivity index is 1.68. The van der Waals surface area contributed by atoms with Crippen LogP contribution in [0.5, 0.6) is 0 Å². The minimum Gasteiger partial charge on any atom is -0.338 e. The standard InChI is InChI=1S/C18H18N2O3S/c21-15-9-11(16-4-3-7-24-16)8-14-12(15)10-13(17(22)19-14)18(23)20-5-1-2-6-20/h3-4,7,10-11H,1-2,5-6,8-9H2,(H,19,22). The van der Waals surface area contributed by atoms with Gasteiger partial charge in [0.05, 0.1) is 0 Å². The summed E-state index contributed by atoms with van der Waals surface area (Å²) in [7, 11) is 0. The van der Waals surface area contributed by atoms with Crippen LogP contribution >= 0.6 is 11.3 Å². The number of rotatable bonds is 2. The second-order valence-electron chi connectivity index (χ2n) is 6.45. The van der Waals surface area contributed by atoms with Gasteiger partial charge in [0.25, 0.3) is 11.5 Å². The van der Waals surface area contributed by atoms with Crippen LogP contribution in [0.2, 0.25) is 0 Å². The fourth-order valence-corrected chi connectivity index (χ4v) is 4.44. The van der Waals surface area contributed by atoms with E-state index in [1.54, 1.807) is 16.2 Å². The summed E-state index contributed by atoms with van der Waals surface area (Å²) in [6, 6.07) is 5.51. The molecular weight excluding hydrogens is 324 g/mol. The summed E-state index contributed by atoms with van der Waals surface area (Å²) in [4.78, 5) is 43.1. The lowest BCUT2D eigenvalue weighted by atomic mass is 9.84. The highest BCUT2D eigenvalue weighted by Gasteiger charge is 2.30. The molecule has 5 nitrogen and oxygen atoms in total. The Hall–Kier alpha value is -2.21. The quantitative estimate of drug-likeness (QED) is 0.912. The molecule has 1 unspecified atom stereocenters. The van der Waals surface area contributed by atoms with E-state index in [0.717, 1.165) is 17.7 Å². The van der Waals surface area contributed by atoms with Crippen molar-refractivity contribution in [3.8, 4) is 0 Å². The number of pyridine rings is 1. The number of likely N-dealkylation sites (tertiary alicyclic amines) is 1. The third kappa shape index (κ3) is 2.60. The van der Waals surface area contributed by atoms with Gasteiger partial charge in [-0.15, -0.1) is 11.3 Å². The number of H-pyrrole nitrogens is 1. The molecule has 6 heteroatoms. The van der Waals surface area contributed by atoms with Crippen LogP contribution in [0.15, 0.2) is 28.4 Å². The van der Waals surface area contributed by atoms with Gasteiger partial charge < -0.3 is 9.88 Å². The molecule has 1 aliphatic carbocycles. The smallest absolute Gasteiger partial charge is 0.261 e. The predicted molar refractivity (Wildman–Crippen MR) is 91.9 cm³/mol. The molecule has 1 fully saturated rings. The molecule has 124 valence electrons. The number of fused-ring (bicyclic) bond motifs is 1. The highest BCUT2D eigenvalue weighted by Crippen LogP contribution is 2.33. The first-order chi connectivity index (χ1) is 11.6. The summed E-state index contributed by atoms with van der Waals surface area (Å²) < 4.78 is 0. The van der Waals surface area contributed by atoms with Crippen LogP contribution in [-0.2, 0) is 6.42 Å². The Morgan fingerprint density at radius 1 is 1.21 bits per heavy atom. The Bertz CT molecular complexity index is 848. The number of nitrogens with one attached hydrogen (secondary N) is 1. The number of amides is 1. The second kappa shape index (κ2) is 6.02. The van der Waals surface area contributed by atoms with Crippen molar-refractivity contribution in [3.05, 3.63) is 55.6 Å². The molecule has 0 aromatic carbocycles. The van der Waals surface area contributed by atoms with Gasteiger partial charge in [-0.1, -0.05) is 6.07 Å². The summed E-state index contributed by atoms with van der Waals surface area (Å²) in [6.45, 7) is 1.37. The Morgan fingerprint density at radius 2 is 2.00 bits per heavy atom. The number of carbonyl (C=O) groups excluding carboxylic acids is 2. The minimum atomic E-state index is -0.384. The zero-order valence-corrected chi connectivity index (χ0v) is 14.0. The second-order valence-corrected chi connectivity index (χ2v) is 7.43. The van der Waals surface area contributed by atoms with Crippen molar-refractivity contribution < 1.29 is 9.59 Å². The molecule has 1 N–H and O–H groups in total. The molecule has 1 saturated heterocycles. The molecule has 1 aliphatic heterocycles. The van der Waals surface area contributed by atoms with Gasteiger partial charge in [-0.25, -0.2) is 0 Å². The van der Waals surface area contributed by atoms with Gasteiger partial charge in [-0.2, -0.15) is 0 Å². The Kier molecular flexibility index (Phi) is 3.84. The summed E-state index contributed by atoms with van der Waals surface area (Å²) in [5.74, 6) is -0.146. The van der Waals surface area contributed by atoms with Crippen molar-refractivity contribution in [3.63, 3.8) is 0 Å². The molecule has 2 aromatic rings. The maximum absolute atomic E-state index is 12.6. The number of nitrogens with zero attached hydrogens (tertiary/aromatic N) is 1. The average Bonchev–Trinajstić information content (AvgIpc) is 3.27. The Labute approximate surface area is 143 Å². The van der Waals surface area contributed by atoms with Gasteiger partial charge in [0.15, 0.2) is 5.78 Å². The fraction of sp³-hybridized carbons (Fsp3) is 0.389. The lowest BCUT2D eigenvalue weighted by molar-refractivity contribution is 0.0791. The molecule has 0 spiro atoms. The van der Waals surface area contributed by atoms with Crippen molar-refractivity contribution in [1.29, 1.82) is 0 Å². The molecule has 2 aromatic heterocycles. The summed E-state index contributed by atoms with van der Waals surface area (Å²) in [5, 5.41) is 2.00. The van der Waals surface area contributed by atoms with Gasteiger partial charge in [0.2, 0.25) is 0 Å². The maximum atomic E-state index is 12.6. The lowest BCUT2D eigenvalue weighted by Crippen LogP contribution is -2.34. The lowest BCUT2D eigenvalue weighted by Gasteiger charge is -2.23. The van der Waals surface area contributed by atoms with Crippen LogP contribution < -0.4 is 5.56 Å². The maximum Gasteiger partial charge on any atom is 0.261 e. The normalized spacial score (nSPS) is 20.2. The largest absolute Gasteiger partial charge is 0.338 e. The topological polar surface area (TPSA) is 70.2 Å². The average molecular weight is 342 g/mol. The van der Waals surface area contributed by atoms with Crippen molar-refractivity contribution in [2.24, 2.45) is 0 Å². The molecule has 0 radical (unpaired) electrons. The van der Waals surface area contributed by atoms with E-state index >= 15 is 0 Å². The molecule has 24 heavy (non-hydrogen) atoms. The van der Waals surface area contributed by atoms with Gasteiger partial charge in [0.1, 0.15) is 5.56 Å². The van der Waals surface area contributed by atoms with E-state index < -0.39 is 0 Å². The zero-order chi connectivity index (χ0) is 16.7. The highest BCUT2D eigenvalue weighted by atomic mass is 32.1. The van der Waals surface area contributed by atoms with E-state index in [-0.39, 0.29) is 28.7 Å². The number of aromatic nitrogens is 1. The first kappa shape index (κ1) is 15.3. The fourth-order valence-electron chi connectivity index (χ4n) is 3.60. The highest BCUT2D eigenvalue weighted by molar-refractivity contribution is 7.10. The van der Waals surface area contributed by atoms with Gasteiger partial charge in [-0.3, -0.25) is 14.4 Å². The van der Waals surface area contributed by atoms with Crippen molar-refractivity contribution in [2.75, 3.05) is 13.1 Å². The number of ketones is 1. The van der Waals surface area contributed by atoms with Crippen molar-refractivity contribution in [2.45, 2.75) is 31.6 Å². The van der Waals surface area contributed by atoms with Crippen molar-refractivity contribution >= 4 is 23.0 Å². The van der Waals surface area contributed by atoms with Crippen molar-refractivity contribution in [1.82, 2.24) is 9.88 Å². The number of thiophene rings is 1. The number of hydrogen-bond donors (Lipinski definition) is 1. The first-order valence-electron chi connectivity index (χ1n) is 8.25. The third-order valence-electron chi connectivity index (χ3n) is 4.87.